The zero-order chi connectivity index (χ0) is 13.1. The van der Waals surface area contributed by atoms with E-state index in [9.17, 15) is 5.11 Å². The maximum Gasteiger partial charge on any atom is 0.0526 e. The van der Waals surface area contributed by atoms with Crippen molar-refractivity contribution < 1.29 is 5.11 Å². The highest BCUT2D eigenvalue weighted by molar-refractivity contribution is 4.99. The lowest BCUT2D eigenvalue weighted by atomic mass is 9.69. The van der Waals surface area contributed by atoms with Gasteiger partial charge in [0.25, 0.3) is 0 Å². The first kappa shape index (κ1) is 14.9. The summed E-state index contributed by atoms with van der Waals surface area (Å²) < 4.78 is 0. The molecule has 102 valence electrons. The topological polar surface area (TPSA) is 58.3 Å². The summed E-state index contributed by atoms with van der Waals surface area (Å²) in [5.74, 6) is 1.44. The molecule has 1 saturated carbocycles. The summed E-state index contributed by atoms with van der Waals surface area (Å²) in [7, 11) is 0. The summed E-state index contributed by atoms with van der Waals surface area (Å²) in [4.78, 5) is 0. The number of hydrogen-bond acceptors (Lipinski definition) is 3. The van der Waals surface area contributed by atoms with Gasteiger partial charge in [-0.2, -0.15) is 0 Å². The fourth-order valence-corrected chi connectivity index (χ4v) is 3.34. The van der Waals surface area contributed by atoms with Gasteiger partial charge in [-0.05, 0) is 51.4 Å². The van der Waals surface area contributed by atoms with Gasteiger partial charge in [0.2, 0.25) is 0 Å². The summed E-state index contributed by atoms with van der Waals surface area (Å²) in [6.07, 6.45) is 4.23. The van der Waals surface area contributed by atoms with Gasteiger partial charge in [-0.15, -0.1) is 0 Å². The van der Waals surface area contributed by atoms with E-state index in [1.165, 1.54) is 12.8 Å². The number of nitrogens with one attached hydrogen (secondary N) is 1. The van der Waals surface area contributed by atoms with Crippen LogP contribution >= 0.6 is 0 Å². The van der Waals surface area contributed by atoms with Crippen molar-refractivity contribution in [3.8, 4) is 0 Å². The number of rotatable bonds is 5. The van der Waals surface area contributed by atoms with E-state index in [0.717, 1.165) is 18.8 Å². The van der Waals surface area contributed by atoms with Crippen LogP contribution in [0.4, 0.5) is 0 Å². The Bertz CT molecular complexity index is 232. The van der Waals surface area contributed by atoms with Crippen LogP contribution in [0.5, 0.6) is 0 Å². The minimum atomic E-state index is -0.245. The lowest BCUT2D eigenvalue weighted by Crippen LogP contribution is -2.60. The third kappa shape index (κ3) is 3.94. The van der Waals surface area contributed by atoms with Crippen molar-refractivity contribution in [2.24, 2.45) is 17.6 Å². The summed E-state index contributed by atoms with van der Waals surface area (Å²) in [5, 5.41) is 13.1. The van der Waals surface area contributed by atoms with E-state index < -0.39 is 0 Å². The van der Waals surface area contributed by atoms with Crippen LogP contribution in [0.2, 0.25) is 0 Å². The zero-order valence-electron chi connectivity index (χ0n) is 11.9. The Labute approximate surface area is 106 Å². The highest BCUT2D eigenvalue weighted by atomic mass is 16.3. The standard InChI is InChI=1S/C14H30N2O/c1-10-5-6-14(9-15,11(2)7-10)16-12(3)8-13(4)17/h10-13,16-17H,5-9,15H2,1-4H3. The highest BCUT2D eigenvalue weighted by Crippen LogP contribution is 2.36. The molecular weight excluding hydrogens is 212 g/mol. The predicted molar refractivity (Wildman–Crippen MR) is 72.9 cm³/mol. The van der Waals surface area contributed by atoms with E-state index in [1.54, 1.807) is 0 Å². The van der Waals surface area contributed by atoms with Crippen LogP contribution in [0.3, 0.4) is 0 Å². The maximum absolute atomic E-state index is 9.45. The predicted octanol–water partition coefficient (Wildman–Crippen LogP) is 1.89. The Morgan fingerprint density at radius 2 is 2.06 bits per heavy atom. The van der Waals surface area contributed by atoms with Gasteiger partial charge in [0, 0.05) is 18.1 Å². The van der Waals surface area contributed by atoms with Gasteiger partial charge >= 0.3 is 0 Å². The van der Waals surface area contributed by atoms with Crippen molar-refractivity contribution in [2.45, 2.75) is 71.1 Å². The molecule has 0 aromatic heterocycles. The summed E-state index contributed by atoms with van der Waals surface area (Å²) in [5.41, 5.74) is 6.11. The third-order valence-electron chi connectivity index (χ3n) is 4.38. The van der Waals surface area contributed by atoms with Gasteiger partial charge in [-0.1, -0.05) is 13.8 Å². The molecule has 0 spiro atoms. The number of hydrogen-bond donors (Lipinski definition) is 3. The maximum atomic E-state index is 9.45. The molecule has 0 aromatic carbocycles. The Kier molecular flexibility index (Phi) is 5.42. The molecule has 1 rings (SSSR count). The van der Waals surface area contributed by atoms with E-state index >= 15 is 0 Å². The number of aliphatic hydroxyl groups is 1. The lowest BCUT2D eigenvalue weighted by Gasteiger charge is -2.46. The highest BCUT2D eigenvalue weighted by Gasteiger charge is 2.39. The van der Waals surface area contributed by atoms with Crippen molar-refractivity contribution >= 4 is 0 Å². The van der Waals surface area contributed by atoms with Gasteiger partial charge in [0.05, 0.1) is 6.10 Å². The molecule has 0 radical (unpaired) electrons. The van der Waals surface area contributed by atoms with Crippen molar-refractivity contribution in [1.29, 1.82) is 0 Å². The van der Waals surface area contributed by atoms with Gasteiger partial charge in [-0.25, -0.2) is 0 Å². The average molecular weight is 242 g/mol. The van der Waals surface area contributed by atoms with Gasteiger partial charge in [0.1, 0.15) is 0 Å². The van der Waals surface area contributed by atoms with Crippen LogP contribution in [-0.4, -0.2) is 29.3 Å². The van der Waals surface area contributed by atoms with Crippen LogP contribution in [0.15, 0.2) is 0 Å². The molecule has 3 heteroatoms. The molecule has 0 amide bonds. The second-order valence-electron chi connectivity index (χ2n) is 6.27. The summed E-state index contributed by atoms with van der Waals surface area (Å²) in [6.45, 7) is 9.33. The lowest BCUT2D eigenvalue weighted by molar-refractivity contribution is 0.101. The first-order chi connectivity index (χ1) is 7.89. The van der Waals surface area contributed by atoms with Crippen molar-refractivity contribution in [1.82, 2.24) is 5.32 Å². The Hall–Kier alpha value is -0.120. The van der Waals surface area contributed by atoms with Crippen LogP contribution in [-0.2, 0) is 0 Å². The van der Waals surface area contributed by atoms with Crippen molar-refractivity contribution in [2.75, 3.05) is 6.54 Å². The molecular formula is C14H30N2O. The van der Waals surface area contributed by atoms with Gasteiger partial charge in [0.15, 0.2) is 0 Å². The van der Waals surface area contributed by atoms with Gasteiger partial charge in [-0.3, -0.25) is 0 Å². The van der Waals surface area contributed by atoms with Crippen molar-refractivity contribution in [3.05, 3.63) is 0 Å². The second kappa shape index (κ2) is 6.17. The normalized spacial score (nSPS) is 37.8. The van der Waals surface area contributed by atoms with E-state index in [0.29, 0.717) is 18.5 Å². The minimum Gasteiger partial charge on any atom is -0.393 e. The van der Waals surface area contributed by atoms with E-state index in [2.05, 4.69) is 26.1 Å². The molecule has 5 atom stereocenters. The minimum absolute atomic E-state index is 0.0841. The van der Waals surface area contributed by atoms with Gasteiger partial charge < -0.3 is 16.2 Å². The Morgan fingerprint density at radius 3 is 2.53 bits per heavy atom. The monoisotopic (exact) mass is 242 g/mol. The summed E-state index contributed by atoms with van der Waals surface area (Å²) in [6, 6.07) is 0.328. The molecule has 1 fully saturated rings. The molecule has 0 aromatic rings. The first-order valence-electron chi connectivity index (χ1n) is 7.05. The molecule has 3 nitrogen and oxygen atoms in total. The first-order valence-corrected chi connectivity index (χ1v) is 7.05. The number of nitrogens with two attached hydrogens (primary N) is 1. The fourth-order valence-electron chi connectivity index (χ4n) is 3.34. The molecule has 0 bridgehead atoms. The summed E-state index contributed by atoms with van der Waals surface area (Å²) >= 11 is 0. The SMILES string of the molecule is CC(O)CC(C)NC1(CN)CCC(C)CC1C. The molecule has 0 aliphatic heterocycles. The second-order valence-corrected chi connectivity index (χ2v) is 6.27. The van der Waals surface area contributed by atoms with E-state index in [1.807, 2.05) is 6.92 Å². The molecule has 1 aliphatic rings. The third-order valence-corrected chi connectivity index (χ3v) is 4.38. The van der Waals surface area contributed by atoms with E-state index in [-0.39, 0.29) is 11.6 Å². The fraction of sp³-hybridized carbons (Fsp3) is 1.00. The largest absolute Gasteiger partial charge is 0.393 e. The smallest absolute Gasteiger partial charge is 0.0526 e. The van der Waals surface area contributed by atoms with Crippen LogP contribution < -0.4 is 11.1 Å². The van der Waals surface area contributed by atoms with Crippen LogP contribution in [0, 0.1) is 11.8 Å². The zero-order valence-corrected chi connectivity index (χ0v) is 11.9. The number of aliphatic hydroxyl groups excluding tert-OH is 1. The molecule has 4 N–H and O–H groups in total. The molecule has 0 saturated heterocycles. The van der Waals surface area contributed by atoms with E-state index in [4.69, 9.17) is 5.73 Å². The Balaban J connectivity index is 2.62. The quantitative estimate of drug-likeness (QED) is 0.690. The van der Waals surface area contributed by atoms with Crippen LogP contribution in [0.25, 0.3) is 0 Å². The van der Waals surface area contributed by atoms with Crippen molar-refractivity contribution in [3.63, 3.8) is 0 Å². The van der Waals surface area contributed by atoms with Crippen LogP contribution in [0.1, 0.15) is 53.4 Å². The molecule has 17 heavy (non-hydrogen) atoms. The Morgan fingerprint density at radius 1 is 1.41 bits per heavy atom. The molecule has 1 aliphatic carbocycles. The average Bonchev–Trinajstić information content (AvgIpc) is 2.21. The molecule has 0 heterocycles. The molecule has 5 unspecified atom stereocenters.